The summed E-state index contributed by atoms with van der Waals surface area (Å²) in [6.07, 6.45) is -37.4. The van der Waals surface area contributed by atoms with Gasteiger partial charge in [0.05, 0.1) is 0 Å². The van der Waals surface area contributed by atoms with Crippen LogP contribution in [0.15, 0.2) is 0 Å². The first kappa shape index (κ1) is 26.0. The van der Waals surface area contributed by atoms with E-state index in [0.29, 0.717) is 14.2 Å². The third-order valence-corrected chi connectivity index (χ3v) is 2.11. The lowest BCUT2D eigenvalue weighted by molar-refractivity contribution is -0.558. The molecule has 0 unspecified atom stereocenters. The fourth-order valence-corrected chi connectivity index (χ4v) is 1.17. The van der Waals surface area contributed by atoms with Crippen LogP contribution in [-0.4, -0.2) is 64.1 Å². The summed E-state index contributed by atoms with van der Waals surface area (Å²) in [5, 5.41) is 0. The smallest absolute Gasteiger partial charge is 0.376 e. The van der Waals surface area contributed by atoms with E-state index >= 15 is 0 Å². The molecule has 0 saturated heterocycles. The van der Waals surface area contributed by atoms with Crippen molar-refractivity contribution in [2.24, 2.45) is 0 Å². The van der Waals surface area contributed by atoms with Gasteiger partial charge in [0.1, 0.15) is 13.2 Å². The van der Waals surface area contributed by atoms with Crippen LogP contribution in [-0.2, 0) is 23.7 Å². The van der Waals surface area contributed by atoms with Crippen LogP contribution in [0.25, 0.3) is 0 Å². The van der Waals surface area contributed by atoms with Gasteiger partial charge in [0.15, 0.2) is 0 Å². The fourth-order valence-electron chi connectivity index (χ4n) is 1.17. The van der Waals surface area contributed by atoms with E-state index in [9.17, 15) is 52.7 Å². The van der Waals surface area contributed by atoms with Gasteiger partial charge in [0.25, 0.3) is 0 Å². The minimum atomic E-state index is -6.86. The van der Waals surface area contributed by atoms with Gasteiger partial charge in [-0.1, -0.05) is 0 Å². The molecule has 0 heterocycles. The predicted molar refractivity (Wildman–Crippen MR) is 56.7 cm³/mol. The molecule has 0 radical (unpaired) electrons. The number of methoxy groups -OCH3 is 2. The van der Waals surface area contributed by atoms with Crippen molar-refractivity contribution in [3.05, 3.63) is 0 Å². The van der Waals surface area contributed by atoms with Crippen LogP contribution in [0.5, 0.6) is 0 Å². The highest BCUT2D eigenvalue weighted by molar-refractivity contribution is 4.77. The first-order valence-electron chi connectivity index (χ1n) is 6.09. The summed E-state index contributed by atoms with van der Waals surface area (Å²) in [5.41, 5.74) is 0. The molecule has 0 aliphatic rings. The number of alkyl halides is 12. The third kappa shape index (κ3) is 7.13. The molecule has 0 saturated carbocycles. The predicted octanol–water partition coefficient (Wildman–Crippen LogP) is 3.89. The maximum Gasteiger partial charge on any atom is 0.453 e. The van der Waals surface area contributed by atoms with E-state index in [1.54, 1.807) is 0 Å². The standard InChI is InChI=1S/C10H10F12O5/c1-23-3-5(11,12)25-7(15,16)9(19,20)27-10(21,22)8(17,18)26-6(13,14)4-24-2/h3-4H2,1-2H3. The Bertz CT molecular complexity index is 441. The fraction of sp³-hybridized carbons (Fsp3) is 1.00. The lowest BCUT2D eigenvalue weighted by Gasteiger charge is -2.34. The Morgan fingerprint density at radius 2 is 0.667 bits per heavy atom. The van der Waals surface area contributed by atoms with Crippen molar-refractivity contribution < 1.29 is 76.4 Å². The molecular weight excluding hydrogens is 428 g/mol. The highest BCUT2D eigenvalue weighted by Crippen LogP contribution is 2.48. The first-order chi connectivity index (χ1) is 11.7. The molecule has 0 aliphatic carbocycles. The molecule has 0 aromatic carbocycles. The lowest BCUT2D eigenvalue weighted by Crippen LogP contribution is -2.58. The SMILES string of the molecule is COCC(F)(F)OC(F)(F)C(F)(F)OC(F)(F)C(F)(F)OC(F)(F)COC. The molecule has 0 amide bonds. The molecule has 5 nitrogen and oxygen atoms in total. The van der Waals surface area contributed by atoms with Gasteiger partial charge in [-0.25, -0.2) is 14.2 Å². The number of hydrogen-bond acceptors (Lipinski definition) is 5. The van der Waals surface area contributed by atoms with Crippen molar-refractivity contribution in [2.45, 2.75) is 36.7 Å². The average molecular weight is 438 g/mol. The van der Waals surface area contributed by atoms with Crippen molar-refractivity contribution in [1.82, 2.24) is 0 Å². The van der Waals surface area contributed by atoms with Gasteiger partial charge in [0, 0.05) is 14.2 Å². The summed E-state index contributed by atoms with van der Waals surface area (Å²) in [6.45, 7) is -4.14. The van der Waals surface area contributed by atoms with Crippen LogP contribution < -0.4 is 0 Å². The van der Waals surface area contributed by atoms with Crippen molar-refractivity contribution in [3.8, 4) is 0 Å². The number of hydrogen-bond donors (Lipinski definition) is 0. The molecule has 0 atom stereocenters. The summed E-state index contributed by atoms with van der Waals surface area (Å²) in [4.78, 5) is 0. The zero-order valence-corrected chi connectivity index (χ0v) is 13.0. The molecule has 0 rings (SSSR count). The van der Waals surface area contributed by atoms with Crippen LogP contribution in [0.3, 0.4) is 0 Å². The number of ether oxygens (including phenoxy) is 5. The van der Waals surface area contributed by atoms with Crippen LogP contribution in [0, 0.1) is 0 Å². The second kappa shape index (κ2) is 8.14. The molecule has 27 heavy (non-hydrogen) atoms. The van der Waals surface area contributed by atoms with E-state index in [4.69, 9.17) is 0 Å². The normalized spacial score (nSPS) is 15.3. The van der Waals surface area contributed by atoms with Crippen LogP contribution in [0.4, 0.5) is 52.7 Å². The van der Waals surface area contributed by atoms with E-state index in [-0.39, 0.29) is 0 Å². The lowest BCUT2D eigenvalue weighted by atomic mass is 10.5. The van der Waals surface area contributed by atoms with Gasteiger partial charge >= 0.3 is 36.7 Å². The van der Waals surface area contributed by atoms with Crippen LogP contribution in [0.2, 0.25) is 0 Å². The Morgan fingerprint density at radius 1 is 0.444 bits per heavy atom. The van der Waals surface area contributed by atoms with Crippen molar-refractivity contribution in [3.63, 3.8) is 0 Å². The summed E-state index contributed by atoms with van der Waals surface area (Å²) >= 11 is 0. The van der Waals surface area contributed by atoms with Gasteiger partial charge < -0.3 is 9.47 Å². The quantitative estimate of drug-likeness (QED) is 0.433. The molecule has 0 N–H and O–H groups in total. The van der Waals surface area contributed by atoms with Crippen molar-refractivity contribution >= 4 is 0 Å². The van der Waals surface area contributed by atoms with Gasteiger partial charge in [-0.15, -0.1) is 0 Å². The topological polar surface area (TPSA) is 46.2 Å². The van der Waals surface area contributed by atoms with Gasteiger partial charge in [-0.05, 0) is 0 Å². The largest absolute Gasteiger partial charge is 0.453 e. The van der Waals surface area contributed by atoms with Crippen molar-refractivity contribution in [2.75, 3.05) is 27.4 Å². The summed E-state index contributed by atoms with van der Waals surface area (Å²) in [7, 11) is 0.965. The molecular formula is C10H10F12O5. The molecule has 0 fully saturated rings. The number of rotatable bonds is 12. The molecule has 164 valence electrons. The Hall–Kier alpha value is -1.04. The van der Waals surface area contributed by atoms with Gasteiger partial charge in [0.2, 0.25) is 0 Å². The van der Waals surface area contributed by atoms with E-state index in [0.717, 1.165) is 0 Å². The zero-order valence-electron chi connectivity index (χ0n) is 13.0. The molecule has 17 heteroatoms. The zero-order chi connectivity index (χ0) is 21.9. The minimum absolute atomic E-state index is 0.482. The Labute approximate surface area is 142 Å². The molecule has 0 spiro atoms. The first-order valence-corrected chi connectivity index (χ1v) is 6.09. The Morgan fingerprint density at radius 3 is 0.889 bits per heavy atom. The van der Waals surface area contributed by atoms with Gasteiger partial charge in [-0.2, -0.15) is 52.7 Å². The maximum atomic E-state index is 13.0. The summed E-state index contributed by atoms with van der Waals surface area (Å²) in [6, 6.07) is 0. The molecule has 0 aromatic rings. The summed E-state index contributed by atoms with van der Waals surface area (Å²) < 4.78 is 169. The van der Waals surface area contributed by atoms with E-state index < -0.39 is 49.9 Å². The van der Waals surface area contributed by atoms with E-state index in [1.165, 1.54) is 0 Å². The molecule has 0 aliphatic heterocycles. The second-order valence-corrected chi connectivity index (χ2v) is 4.51. The monoisotopic (exact) mass is 438 g/mol. The Kier molecular flexibility index (Phi) is 7.83. The van der Waals surface area contributed by atoms with E-state index in [2.05, 4.69) is 18.9 Å². The third-order valence-electron chi connectivity index (χ3n) is 2.11. The average Bonchev–Trinajstić information content (AvgIpc) is 2.33. The van der Waals surface area contributed by atoms with Crippen molar-refractivity contribution in [1.29, 1.82) is 0 Å². The second-order valence-electron chi connectivity index (χ2n) is 4.51. The van der Waals surface area contributed by atoms with Crippen LogP contribution >= 0.6 is 0 Å². The number of halogens is 12. The molecule has 0 bridgehead atoms. The van der Waals surface area contributed by atoms with E-state index in [1.807, 2.05) is 4.74 Å². The maximum absolute atomic E-state index is 13.0. The van der Waals surface area contributed by atoms with Crippen LogP contribution in [0.1, 0.15) is 0 Å². The Balaban J connectivity index is 5.48. The summed E-state index contributed by atoms with van der Waals surface area (Å²) in [5.74, 6) is 0. The highest BCUT2D eigenvalue weighted by Gasteiger charge is 2.74. The highest BCUT2D eigenvalue weighted by atomic mass is 19.4. The molecule has 0 aromatic heterocycles. The van der Waals surface area contributed by atoms with Gasteiger partial charge in [-0.3, -0.25) is 0 Å². The minimum Gasteiger partial charge on any atom is -0.376 e.